The summed E-state index contributed by atoms with van der Waals surface area (Å²) in [5.74, 6) is -0.677. The molecule has 2 aliphatic heterocycles. The van der Waals surface area contributed by atoms with Gasteiger partial charge in [0, 0.05) is 40.7 Å². The van der Waals surface area contributed by atoms with Crippen LogP contribution in [-0.2, 0) is 20.9 Å². The molecule has 1 amide bonds. The molecule has 0 saturated carbocycles. The highest BCUT2D eigenvalue weighted by molar-refractivity contribution is 8.03. The second-order valence-corrected chi connectivity index (χ2v) is 8.22. The number of hydrogen-bond acceptors (Lipinski definition) is 7. The number of β-lactam (4-membered cyclic amide) rings is 1. The van der Waals surface area contributed by atoms with E-state index in [4.69, 9.17) is 4.74 Å². The van der Waals surface area contributed by atoms with Crippen molar-refractivity contribution < 1.29 is 19.2 Å². The van der Waals surface area contributed by atoms with E-state index < -0.39 is 10.9 Å². The first-order valence-corrected chi connectivity index (χ1v) is 10.4. The summed E-state index contributed by atoms with van der Waals surface area (Å²) in [7, 11) is 0. The zero-order valence-corrected chi connectivity index (χ0v) is 17.0. The number of carbonyl (C=O) groups is 2. The number of thioether (sulfide) groups is 1. The number of benzene rings is 1. The predicted octanol–water partition coefficient (Wildman–Crippen LogP) is 3.68. The standard InChI is InChI=1S/C21H19N3O5S/c1-2-16-17-11-18(30-15-7-9-22-10-8-15)19(23(17)20(16)25)21(26)29-12-13-3-5-14(6-4-13)24(27)28/h3-10,16-17H,2,11-12H2,1H3. The molecule has 1 aromatic carbocycles. The van der Waals surface area contributed by atoms with Gasteiger partial charge < -0.3 is 9.64 Å². The summed E-state index contributed by atoms with van der Waals surface area (Å²) < 4.78 is 5.46. The summed E-state index contributed by atoms with van der Waals surface area (Å²) >= 11 is 1.45. The lowest BCUT2D eigenvalue weighted by Crippen LogP contribution is -2.58. The third-order valence-electron chi connectivity index (χ3n) is 5.29. The molecule has 0 aliphatic carbocycles. The normalized spacial score (nSPS) is 20.0. The molecule has 0 radical (unpaired) electrons. The molecule has 3 heterocycles. The number of ether oxygens (including phenoxy) is 1. The number of aromatic nitrogens is 1. The molecule has 2 unspecified atom stereocenters. The Hall–Kier alpha value is -3.20. The largest absolute Gasteiger partial charge is 0.456 e. The van der Waals surface area contributed by atoms with Crippen LogP contribution in [0.1, 0.15) is 25.3 Å². The fraction of sp³-hybridized carbons (Fsp3) is 0.286. The van der Waals surface area contributed by atoms with Gasteiger partial charge in [-0.05, 0) is 36.2 Å². The number of esters is 1. The van der Waals surface area contributed by atoms with Crippen LogP contribution >= 0.6 is 11.8 Å². The van der Waals surface area contributed by atoms with E-state index >= 15 is 0 Å². The number of non-ortho nitro benzene ring substituents is 1. The molecule has 9 heteroatoms. The Labute approximate surface area is 177 Å². The lowest BCUT2D eigenvalue weighted by atomic mass is 9.85. The number of pyridine rings is 1. The minimum atomic E-state index is -0.560. The topological polar surface area (TPSA) is 103 Å². The Morgan fingerprint density at radius 1 is 1.27 bits per heavy atom. The van der Waals surface area contributed by atoms with Gasteiger partial charge in [0.2, 0.25) is 5.91 Å². The van der Waals surface area contributed by atoms with Crippen molar-refractivity contribution in [2.45, 2.75) is 37.3 Å². The van der Waals surface area contributed by atoms with E-state index in [-0.39, 0.29) is 30.2 Å². The van der Waals surface area contributed by atoms with E-state index in [2.05, 4.69) is 4.98 Å². The van der Waals surface area contributed by atoms with Crippen molar-refractivity contribution in [3.8, 4) is 0 Å². The maximum absolute atomic E-state index is 12.9. The quantitative estimate of drug-likeness (QED) is 0.288. The number of carbonyl (C=O) groups excluding carboxylic acids is 2. The van der Waals surface area contributed by atoms with Gasteiger partial charge in [0.15, 0.2) is 0 Å². The van der Waals surface area contributed by atoms with Crippen molar-refractivity contribution in [3.05, 3.63) is 75.1 Å². The molecule has 2 aliphatic rings. The Bertz CT molecular complexity index is 1020. The first-order chi connectivity index (χ1) is 14.5. The van der Waals surface area contributed by atoms with E-state index in [9.17, 15) is 19.7 Å². The second kappa shape index (κ2) is 8.27. The van der Waals surface area contributed by atoms with Gasteiger partial charge in [0.1, 0.15) is 12.3 Å². The monoisotopic (exact) mass is 425 g/mol. The molecular weight excluding hydrogens is 406 g/mol. The molecule has 1 fully saturated rings. The maximum Gasteiger partial charge on any atom is 0.356 e. The highest BCUT2D eigenvalue weighted by Crippen LogP contribution is 2.48. The van der Waals surface area contributed by atoms with Crippen LogP contribution in [0.15, 0.2) is 64.3 Å². The molecule has 30 heavy (non-hydrogen) atoms. The molecule has 154 valence electrons. The Kier molecular flexibility index (Phi) is 5.54. The van der Waals surface area contributed by atoms with Crippen LogP contribution in [0.3, 0.4) is 0 Å². The number of nitro benzene ring substituents is 1. The van der Waals surface area contributed by atoms with Crippen molar-refractivity contribution in [2.75, 3.05) is 0 Å². The van der Waals surface area contributed by atoms with E-state index in [1.807, 2.05) is 19.1 Å². The van der Waals surface area contributed by atoms with Gasteiger partial charge in [-0.2, -0.15) is 0 Å². The van der Waals surface area contributed by atoms with Gasteiger partial charge >= 0.3 is 5.97 Å². The highest BCUT2D eigenvalue weighted by atomic mass is 32.2. The highest BCUT2D eigenvalue weighted by Gasteiger charge is 2.54. The molecule has 0 spiro atoms. The fourth-order valence-corrected chi connectivity index (χ4v) is 4.84. The molecule has 8 nitrogen and oxygen atoms in total. The zero-order chi connectivity index (χ0) is 21.3. The van der Waals surface area contributed by atoms with Gasteiger partial charge in [0.25, 0.3) is 5.69 Å². The Morgan fingerprint density at radius 3 is 2.60 bits per heavy atom. The summed E-state index contributed by atoms with van der Waals surface area (Å²) in [6.07, 6.45) is 4.72. The van der Waals surface area contributed by atoms with Crippen molar-refractivity contribution in [1.82, 2.24) is 9.88 Å². The Balaban J connectivity index is 1.52. The van der Waals surface area contributed by atoms with Crippen molar-refractivity contribution in [3.63, 3.8) is 0 Å². The Morgan fingerprint density at radius 2 is 1.97 bits per heavy atom. The number of nitrogens with zero attached hydrogens (tertiary/aromatic N) is 3. The third-order valence-corrected chi connectivity index (χ3v) is 6.41. The van der Waals surface area contributed by atoms with Crippen LogP contribution in [-0.4, -0.2) is 32.7 Å². The lowest BCUT2D eigenvalue weighted by Gasteiger charge is -2.43. The van der Waals surface area contributed by atoms with Gasteiger partial charge in [-0.15, -0.1) is 0 Å². The summed E-state index contributed by atoms with van der Waals surface area (Å²) in [4.78, 5) is 43.1. The van der Waals surface area contributed by atoms with Crippen molar-refractivity contribution in [1.29, 1.82) is 0 Å². The van der Waals surface area contributed by atoms with E-state index in [1.165, 1.54) is 23.9 Å². The number of amides is 1. The SMILES string of the molecule is CCC1C(=O)N2C(C(=O)OCc3ccc([N+](=O)[O-])cc3)=C(Sc3ccncc3)CC12. The van der Waals surface area contributed by atoms with Crippen LogP contribution in [0.5, 0.6) is 0 Å². The van der Waals surface area contributed by atoms with Gasteiger partial charge in [0.05, 0.1) is 16.9 Å². The van der Waals surface area contributed by atoms with Gasteiger partial charge in [-0.25, -0.2) is 4.79 Å². The molecule has 1 aromatic heterocycles. The van der Waals surface area contributed by atoms with Crippen LogP contribution < -0.4 is 0 Å². The second-order valence-electron chi connectivity index (χ2n) is 7.05. The summed E-state index contributed by atoms with van der Waals surface area (Å²) in [6, 6.07) is 9.52. The first kappa shape index (κ1) is 20.1. The van der Waals surface area contributed by atoms with Gasteiger partial charge in [-0.1, -0.05) is 18.7 Å². The molecule has 0 bridgehead atoms. The average molecular weight is 425 g/mol. The van der Waals surface area contributed by atoms with Crippen molar-refractivity contribution >= 4 is 29.3 Å². The van der Waals surface area contributed by atoms with E-state index in [0.717, 1.165) is 16.2 Å². The van der Waals surface area contributed by atoms with Crippen LogP contribution in [0.2, 0.25) is 0 Å². The molecule has 0 N–H and O–H groups in total. The lowest BCUT2D eigenvalue weighted by molar-refractivity contribution is -0.384. The average Bonchev–Trinajstić information content (AvgIpc) is 3.08. The minimum Gasteiger partial charge on any atom is -0.456 e. The summed E-state index contributed by atoms with van der Waals surface area (Å²) in [6.45, 7) is 1.94. The number of hydrogen-bond donors (Lipinski definition) is 0. The number of rotatable bonds is 7. The maximum atomic E-state index is 12.9. The molecular formula is C21H19N3O5S. The van der Waals surface area contributed by atoms with Gasteiger partial charge in [-0.3, -0.25) is 19.9 Å². The summed E-state index contributed by atoms with van der Waals surface area (Å²) in [5.41, 5.74) is 0.909. The fourth-order valence-electron chi connectivity index (χ4n) is 3.76. The van der Waals surface area contributed by atoms with Crippen LogP contribution in [0.25, 0.3) is 0 Å². The zero-order valence-electron chi connectivity index (χ0n) is 16.2. The molecule has 1 saturated heterocycles. The minimum absolute atomic E-state index is 0.00578. The van der Waals surface area contributed by atoms with Crippen molar-refractivity contribution in [2.24, 2.45) is 5.92 Å². The van der Waals surface area contributed by atoms with E-state index in [0.29, 0.717) is 17.7 Å². The van der Waals surface area contributed by atoms with Crippen LogP contribution in [0, 0.1) is 16.0 Å². The number of fused-ring (bicyclic) bond motifs is 1. The molecule has 2 aromatic rings. The molecule has 4 rings (SSSR count). The smallest absolute Gasteiger partial charge is 0.356 e. The predicted molar refractivity (Wildman–Crippen MR) is 109 cm³/mol. The first-order valence-electron chi connectivity index (χ1n) is 9.54. The summed E-state index contributed by atoms with van der Waals surface area (Å²) in [5, 5.41) is 10.8. The number of nitro groups is 1. The molecule has 2 atom stereocenters. The van der Waals surface area contributed by atoms with Crippen LogP contribution in [0.4, 0.5) is 5.69 Å². The third kappa shape index (κ3) is 3.68. The van der Waals surface area contributed by atoms with E-state index in [1.54, 1.807) is 29.4 Å².